The average molecular weight is 279 g/mol. The maximum absolute atomic E-state index is 5.63. The summed E-state index contributed by atoms with van der Waals surface area (Å²) in [7, 11) is 1.65. The first-order chi connectivity index (χ1) is 9.81. The Labute approximate surface area is 121 Å². The van der Waals surface area contributed by atoms with Crippen molar-refractivity contribution in [3.8, 4) is 5.88 Å². The van der Waals surface area contributed by atoms with Gasteiger partial charge < -0.3 is 14.8 Å². The zero-order valence-electron chi connectivity index (χ0n) is 12.5. The van der Waals surface area contributed by atoms with Gasteiger partial charge in [0, 0.05) is 19.2 Å². The minimum Gasteiger partial charge on any atom is -0.478 e. The van der Waals surface area contributed by atoms with Gasteiger partial charge in [-0.1, -0.05) is 26.2 Å². The van der Waals surface area contributed by atoms with Crippen LogP contribution in [0.3, 0.4) is 0 Å². The third kappa shape index (κ3) is 4.63. The van der Waals surface area contributed by atoms with Crippen LogP contribution >= 0.6 is 0 Å². The third-order valence-electron chi connectivity index (χ3n) is 3.43. The Morgan fingerprint density at radius 3 is 2.75 bits per heavy atom. The standard InChI is InChI=1S/C15H25N3O2/c1-3-9-20-15-10-13(17-14(18-15)11-19-2)16-12-7-5-4-6-8-12/h10,12H,3-9,11H2,1-2H3,(H,16,17,18). The Kier molecular flexibility index (Phi) is 6.05. The van der Waals surface area contributed by atoms with E-state index in [2.05, 4.69) is 22.2 Å². The highest BCUT2D eigenvalue weighted by atomic mass is 16.5. The van der Waals surface area contributed by atoms with Gasteiger partial charge in [0.2, 0.25) is 5.88 Å². The molecular formula is C15H25N3O2. The smallest absolute Gasteiger partial charge is 0.218 e. The highest BCUT2D eigenvalue weighted by Crippen LogP contribution is 2.22. The van der Waals surface area contributed by atoms with E-state index in [9.17, 15) is 0 Å². The lowest BCUT2D eigenvalue weighted by Crippen LogP contribution is -2.23. The first-order valence-electron chi connectivity index (χ1n) is 7.58. The fourth-order valence-electron chi connectivity index (χ4n) is 2.48. The predicted molar refractivity (Wildman–Crippen MR) is 79.0 cm³/mol. The van der Waals surface area contributed by atoms with Crippen LogP contribution < -0.4 is 10.1 Å². The van der Waals surface area contributed by atoms with Gasteiger partial charge in [0.25, 0.3) is 0 Å². The van der Waals surface area contributed by atoms with Crippen LogP contribution in [0.1, 0.15) is 51.3 Å². The molecule has 1 aliphatic carbocycles. The number of aromatic nitrogens is 2. The molecule has 0 atom stereocenters. The Morgan fingerprint density at radius 1 is 1.25 bits per heavy atom. The van der Waals surface area contributed by atoms with Crippen LogP contribution in [0.2, 0.25) is 0 Å². The Morgan fingerprint density at radius 2 is 2.05 bits per heavy atom. The molecule has 0 amide bonds. The molecule has 0 radical (unpaired) electrons. The normalized spacial score (nSPS) is 16.1. The van der Waals surface area contributed by atoms with Crippen molar-refractivity contribution in [2.75, 3.05) is 19.0 Å². The maximum atomic E-state index is 5.63. The highest BCUT2D eigenvalue weighted by Gasteiger charge is 2.15. The van der Waals surface area contributed by atoms with E-state index < -0.39 is 0 Å². The summed E-state index contributed by atoms with van der Waals surface area (Å²) in [4.78, 5) is 8.85. The van der Waals surface area contributed by atoms with Crippen LogP contribution in [-0.4, -0.2) is 29.7 Å². The van der Waals surface area contributed by atoms with E-state index in [4.69, 9.17) is 9.47 Å². The van der Waals surface area contributed by atoms with Gasteiger partial charge in [0.05, 0.1) is 6.61 Å². The van der Waals surface area contributed by atoms with Gasteiger partial charge in [-0.25, -0.2) is 4.98 Å². The molecule has 112 valence electrons. The maximum Gasteiger partial charge on any atom is 0.218 e. The lowest BCUT2D eigenvalue weighted by molar-refractivity contribution is 0.176. The summed E-state index contributed by atoms with van der Waals surface area (Å²) in [5.74, 6) is 2.15. The first-order valence-corrected chi connectivity index (χ1v) is 7.58. The van der Waals surface area contributed by atoms with Crippen molar-refractivity contribution >= 4 is 5.82 Å². The van der Waals surface area contributed by atoms with E-state index in [1.807, 2.05) is 6.07 Å². The van der Waals surface area contributed by atoms with Crippen molar-refractivity contribution in [3.05, 3.63) is 11.9 Å². The number of methoxy groups -OCH3 is 1. The minimum absolute atomic E-state index is 0.405. The monoisotopic (exact) mass is 279 g/mol. The Hall–Kier alpha value is -1.36. The van der Waals surface area contributed by atoms with Gasteiger partial charge in [-0.2, -0.15) is 4.98 Å². The molecule has 1 aromatic heterocycles. The van der Waals surface area contributed by atoms with Crippen LogP contribution in [0.25, 0.3) is 0 Å². The van der Waals surface area contributed by atoms with E-state index >= 15 is 0 Å². The minimum atomic E-state index is 0.405. The number of hydrogen-bond acceptors (Lipinski definition) is 5. The summed E-state index contributed by atoms with van der Waals surface area (Å²) in [5, 5.41) is 3.51. The van der Waals surface area contributed by atoms with Crippen LogP contribution in [0.15, 0.2) is 6.07 Å². The molecule has 1 aliphatic rings. The number of anilines is 1. The van der Waals surface area contributed by atoms with Crippen molar-refractivity contribution < 1.29 is 9.47 Å². The van der Waals surface area contributed by atoms with Crippen molar-refractivity contribution in [2.24, 2.45) is 0 Å². The Balaban J connectivity index is 2.06. The van der Waals surface area contributed by atoms with Crippen LogP contribution in [0.5, 0.6) is 5.88 Å². The molecule has 1 fully saturated rings. The third-order valence-corrected chi connectivity index (χ3v) is 3.43. The van der Waals surface area contributed by atoms with Crippen LogP contribution in [0.4, 0.5) is 5.82 Å². The van der Waals surface area contributed by atoms with Crippen molar-refractivity contribution in [2.45, 2.75) is 58.1 Å². The van der Waals surface area contributed by atoms with E-state index in [1.165, 1.54) is 32.1 Å². The van der Waals surface area contributed by atoms with Gasteiger partial charge >= 0.3 is 0 Å². The zero-order chi connectivity index (χ0) is 14.2. The SMILES string of the molecule is CCCOc1cc(NC2CCCCC2)nc(COC)n1. The van der Waals surface area contributed by atoms with Crippen molar-refractivity contribution in [1.29, 1.82) is 0 Å². The quantitative estimate of drug-likeness (QED) is 0.831. The lowest BCUT2D eigenvalue weighted by atomic mass is 9.95. The largest absolute Gasteiger partial charge is 0.478 e. The summed E-state index contributed by atoms with van der Waals surface area (Å²) >= 11 is 0. The van der Waals surface area contributed by atoms with E-state index in [0.717, 1.165) is 12.2 Å². The Bertz CT molecular complexity index is 406. The number of nitrogens with one attached hydrogen (secondary N) is 1. The second kappa shape index (κ2) is 8.04. The lowest BCUT2D eigenvalue weighted by Gasteiger charge is -2.23. The van der Waals surface area contributed by atoms with Crippen molar-refractivity contribution in [3.63, 3.8) is 0 Å². The summed E-state index contributed by atoms with van der Waals surface area (Å²) in [5.41, 5.74) is 0. The summed E-state index contributed by atoms with van der Waals surface area (Å²) < 4.78 is 10.7. The van der Waals surface area contributed by atoms with Gasteiger partial charge in [-0.3, -0.25) is 0 Å². The van der Waals surface area contributed by atoms with Crippen molar-refractivity contribution in [1.82, 2.24) is 9.97 Å². The molecule has 0 unspecified atom stereocenters. The van der Waals surface area contributed by atoms with Gasteiger partial charge in [-0.05, 0) is 19.3 Å². The second-order valence-corrected chi connectivity index (χ2v) is 5.27. The number of nitrogens with zero attached hydrogens (tertiary/aromatic N) is 2. The topological polar surface area (TPSA) is 56.3 Å². The molecule has 0 aromatic carbocycles. The molecular weight excluding hydrogens is 254 g/mol. The number of hydrogen-bond donors (Lipinski definition) is 1. The fraction of sp³-hybridized carbons (Fsp3) is 0.733. The predicted octanol–water partition coefficient (Wildman–Crippen LogP) is 3.16. The number of rotatable bonds is 7. The molecule has 5 heteroatoms. The molecule has 20 heavy (non-hydrogen) atoms. The summed E-state index contributed by atoms with van der Waals surface area (Å²) in [6.07, 6.45) is 7.35. The fourth-order valence-corrected chi connectivity index (χ4v) is 2.48. The molecule has 1 N–H and O–H groups in total. The highest BCUT2D eigenvalue weighted by molar-refractivity contribution is 5.39. The molecule has 0 spiro atoms. The van der Waals surface area contributed by atoms with Gasteiger partial charge in [-0.15, -0.1) is 0 Å². The number of ether oxygens (including phenoxy) is 2. The average Bonchev–Trinajstić information content (AvgIpc) is 2.46. The molecule has 5 nitrogen and oxygen atoms in total. The van der Waals surface area contributed by atoms with Gasteiger partial charge in [0.1, 0.15) is 12.4 Å². The second-order valence-electron chi connectivity index (χ2n) is 5.27. The van der Waals surface area contributed by atoms with Gasteiger partial charge in [0.15, 0.2) is 5.82 Å². The van der Waals surface area contributed by atoms with E-state index in [1.54, 1.807) is 7.11 Å². The molecule has 1 heterocycles. The molecule has 0 bridgehead atoms. The van der Waals surface area contributed by atoms with E-state index in [0.29, 0.717) is 31.0 Å². The zero-order valence-corrected chi connectivity index (χ0v) is 12.5. The molecule has 2 rings (SSSR count). The first kappa shape index (κ1) is 15.0. The molecule has 0 aliphatic heterocycles. The summed E-state index contributed by atoms with van der Waals surface area (Å²) in [6, 6.07) is 2.41. The van der Waals surface area contributed by atoms with E-state index in [-0.39, 0.29) is 0 Å². The van der Waals surface area contributed by atoms with Crippen LogP contribution in [-0.2, 0) is 11.3 Å². The molecule has 1 saturated carbocycles. The molecule has 1 aromatic rings. The summed E-state index contributed by atoms with van der Waals surface area (Å²) in [6.45, 7) is 3.16. The van der Waals surface area contributed by atoms with Crippen LogP contribution in [0, 0.1) is 0 Å². The molecule has 0 saturated heterocycles.